The maximum absolute atomic E-state index is 12.5. The predicted molar refractivity (Wildman–Crippen MR) is 96.8 cm³/mol. The highest BCUT2D eigenvalue weighted by Gasteiger charge is 2.36. The van der Waals surface area contributed by atoms with Crippen LogP contribution in [0.3, 0.4) is 0 Å². The number of methoxy groups -OCH3 is 2. The zero-order valence-corrected chi connectivity index (χ0v) is 15.2. The lowest BCUT2D eigenvalue weighted by atomic mass is 9.96. The second-order valence-electron chi connectivity index (χ2n) is 6.55. The number of benzene rings is 1. The van der Waals surface area contributed by atoms with Gasteiger partial charge in [-0.2, -0.15) is 0 Å². The van der Waals surface area contributed by atoms with Gasteiger partial charge >= 0.3 is 11.9 Å². The Kier molecular flexibility index (Phi) is 3.64. The number of nitrogens with one attached hydrogen (secondary N) is 1. The first-order valence-electron chi connectivity index (χ1n) is 8.49. The van der Waals surface area contributed by atoms with Crippen molar-refractivity contribution < 1.29 is 19.1 Å². The minimum atomic E-state index is -0.523. The number of para-hydroxylation sites is 1. The van der Waals surface area contributed by atoms with Crippen LogP contribution in [0.15, 0.2) is 24.3 Å². The van der Waals surface area contributed by atoms with Gasteiger partial charge in [0, 0.05) is 34.4 Å². The number of H-pyrrole nitrogens is 1. The number of rotatable bonds is 2. The topological polar surface area (TPSA) is 73.3 Å². The minimum absolute atomic E-state index is 0.0389. The number of ether oxygens (including phenoxy) is 2. The van der Waals surface area contributed by atoms with Crippen LogP contribution in [0.4, 0.5) is 0 Å². The fourth-order valence-electron chi connectivity index (χ4n) is 4.20. The summed E-state index contributed by atoms with van der Waals surface area (Å²) in [7, 11) is 2.64. The zero-order valence-electron chi connectivity index (χ0n) is 15.2. The maximum Gasteiger partial charge on any atom is 0.340 e. The van der Waals surface area contributed by atoms with Crippen molar-refractivity contribution in [2.75, 3.05) is 14.2 Å². The van der Waals surface area contributed by atoms with Gasteiger partial charge in [-0.1, -0.05) is 18.2 Å². The molecule has 0 radical (unpaired) electrons. The Bertz CT molecular complexity index is 1060. The van der Waals surface area contributed by atoms with Gasteiger partial charge in [-0.05, 0) is 25.5 Å². The Morgan fingerprint density at radius 1 is 1.12 bits per heavy atom. The van der Waals surface area contributed by atoms with Gasteiger partial charge < -0.3 is 19.0 Å². The van der Waals surface area contributed by atoms with Gasteiger partial charge in [0.05, 0.1) is 31.4 Å². The molecule has 2 aromatic heterocycles. The summed E-state index contributed by atoms with van der Waals surface area (Å²) in [6.07, 6.45) is 0.548. The molecule has 3 aromatic rings. The first kappa shape index (κ1) is 16.4. The normalized spacial score (nSPS) is 15.5. The molecule has 0 amide bonds. The molecular formula is C20H20N2O4. The molecule has 1 aromatic carbocycles. The minimum Gasteiger partial charge on any atom is -0.465 e. The van der Waals surface area contributed by atoms with Crippen LogP contribution in [0.2, 0.25) is 0 Å². The average molecular weight is 352 g/mol. The molecule has 3 heterocycles. The molecule has 1 N–H and O–H groups in total. The van der Waals surface area contributed by atoms with E-state index in [1.807, 2.05) is 29.7 Å². The van der Waals surface area contributed by atoms with Crippen LogP contribution in [0.5, 0.6) is 0 Å². The average Bonchev–Trinajstić information content (AvgIpc) is 3.17. The van der Waals surface area contributed by atoms with Crippen molar-refractivity contribution in [3.8, 4) is 0 Å². The Hall–Kier alpha value is -3.02. The zero-order chi connectivity index (χ0) is 18.6. The van der Waals surface area contributed by atoms with Crippen molar-refractivity contribution in [2.45, 2.75) is 26.3 Å². The molecule has 0 aliphatic carbocycles. The SMILES string of the molecule is COC(=O)c1c(C(=O)OC)c2n(c1C)C(C)c1[nH]c3ccccc3c1C2. The van der Waals surface area contributed by atoms with E-state index in [9.17, 15) is 9.59 Å². The molecular weight excluding hydrogens is 332 g/mol. The van der Waals surface area contributed by atoms with E-state index in [2.05, 4.69) is 18.0 Å². The van der Waals surface area contributed by atoms with Crippen molar-refractivity contribution in [1.29, 1.82) is 0 Å². The molecule has 4 rings (SSSR count). The third kappa shape index (κ3) is 2.05. The second-order valence-corrected chi connectivity index (χ2v) is 6.55. The Labute approximate surface area is 150 Å². The second kappa shape index (κ2) is 5.76. The molecule has 134 valence electrons. The summed E-state index contributed by atoms with van der Waals surface area (Å²) >= 11 is 0. The summed E-state index contributed by atoms with van der Waals surface area (Å²) in [4.78, 5) is 28.4. The summed E-state index contributed by atoms with van der Waals surface area (Å²) in [5.74, 6) is -1.04. The number of hydrogen-bond acceptors (Lipinski definition) is 4. The van der Waals surface area contributed by atoms with E-state index < -0.39 is 11.9 Å². The number of carbonyl (C=O) groups is 2. The third-order valence-corrected chi connectivity index (χ3v) is 5.33. The molecule has 0 saturated carbocycles. The first-order chi connectivity index (χ1) is 12.5. The van der Waals surface area contributed by atoms with Gasteiger partial charge in [-0.15, -0.1) is 0 Å². The number of carbonyl (C=O) groups excluding carboxylic acids is 2. The molecule has 1 aliphatic rings. The summed E-state index contributed by atoms with van der Waals surface area (Å²) < 4.78 is 11.9. The lowest BCUT2D eigenvalue weighted by molar-refractivity contribution is 0.0555. The Morgan fingerprint density at radius 3 is 2.46 bits per heavy atom. The van der Waals surface area contributed by atoms with Crippen molar-refractivity contribution in [2.24, 2.45) is 0 Å². The van der Waals surface area contributed by atoms with Crippen molar-refractivity contribution in [1.82, 2.24) is 9.55 Å². The fraction of sp³-hybridized carbons (Fsp3) is 0.300. The quantitative estimate of drug-likeness (QED) is 0.718. The molecule has 1 atom stereocenters. The highest BCUT2D eigenvalue weighted by Crippen LogP contribution is 2.40. The molecule has 6 nitrogen and oxygen atoms in total. The van der Waals surface area contributed by atoms with Crippen LogP contribution in [0.1, 0.15) is 56.3 Å². The van der Waals surface area contributed by atoms with E-state index in [4.69, 9.17) is 9.47 Å². The van der Waals surface area contributed by atoms with Crippen molar-refractivity contribution >= 4 is 22.8 Å². The summed E-state index contributed by atoms with van der Waals surface area (Å²) in [5, 5.41) is 1.13. The predicted octanol–water partition coefficient (Wildman–Crippen LogP) is 3.36. The molecule has 26 heavy (non-hydrogen) atoms. The number of esters is 2. The van der Waals surface area contributed by atoms with Crippen LogP contribution < -0.4 is 0 Å². The van der Waals surface area contributed by atoms with Crippen LogP contribution >= 0.6 is 0 Å². The van der Waals surface area contributed by atoms with E-state index >= 15 is 0 Å². The fourth-order valence-corrected chi connectivity index (χ4v) is 4.20. The lowest BCUT2D eigenvalue weighted by Crippen LogP contribution is -2.20. The third-order valence-electron chi connectivity index (χ3n) is 5.33. The number of fused-ring (bicyclic) bond motifs is 4. The maximum atomic E-state index is 12.5. The van der Waals surface area contributed by atoms with E-state index in [1.165, 1.54) is 14.2 Å². The van der Waals surface area contributed by atoms with Crippen molar-refractivity contribution in [3.63, 3.8) is 0 Å². The molecule has 0 saturated heterocycles. The van der Waals surface area contributed by atoms with Gasteiger partial charge in [-0.25, -0.2) is 9.59 Å². The highest BCUT2D eigenvalue weighted by molar-refractivity contribution is 6.05. The Balaban J connectivity index is 2.01. The van der Waals surface area contributed by atoms with E-state index in [-0.39, 0.29) is 11.6 Å². The van der Waals surface area contributed by atoms with Crippen molar-refractivity contribution in [3.05, 3.63) is 58.0 Å². The van der Waals surface area contributed by atoms with Gasteiger partial charge in [0.15, 0.2) is 0 Å². The molecule has 0 bridgehead atoms. The van der Waals surface area contributed by atoms with Crippen LogP contribution in [-0.4, -0.2) is 35.7 Å². The molecule has 0 fully saturated rings. The van der Waals surface area contributed by atoms with Crippen LogP contribution in [0, 0.1) is 6.92 Å². The van der Waals surface area contributed by atoms with Gasteiger partial charge in [-0.3, -0.25) is 0 Å². The number of nitrogens with zero attached hydrogens (tertiary/aromatic N) is 1. The highest BCUT2D eigenvalue weighted by atomic mass is 16.5. The molecule has 6 heteroatoms. The van der Waals surface area contributed by atoms with E-state index in [1.54, 1.807) is 0 Å². The van der Waals surface area contributed by atoms with Gasteiger partial charge in [0.1, 0.15) is 0 Å². The monoisotopic (exact) mass is 352 g/mol. The number of hydrogen-bond donors (Lipinski definition) is 1. The van der Waals surface area contributed by atoms with Gasteiger partial charge in [0.25, 0.3) is 0 Å². The standard InChI is InChI=1S/C20H20N2O4/c1-10-16(19(23)25-3)17(20(24)26-4)15-9-13-12-7-5-6-8-14(12)21-18(13)11(2)22(10)15/h5-8,11,21H,9H2,1-4H3. The summed E-state index contributed by atoms with van der Waals surface area (Å²) in [5.41, 5.74) is 5.42. The lowest BCUT2D eigenvalue weighted by Gasteiger charge is -2.25. The van der Waals surface area contributed by atoms with E-state index in [0.29, 0.717) is 17.7 Å². The number of aromatic nitrogens is 2. The largest absolute Gasteiger partial charge is 0.465 e. The van der Waals surface area contributed by atoms with E-state index in [0.717, 1.165) is 27.9 Å². The summed E-state index contributed by atoms with van der Waals surface area (Å²) in [6, 6.07) is 8.07. The van der Waals surface area contributed by atoms with Crippen LogP contribution in [-0.2, 0) is 15.9 Å². The van der Waals surface area contributed by atoms with Crippen LogP contribution in [0.25, 0.3) is 10.9 Å². The smallest absolute Gasteiger partial charge is 0.340 e. The van der Waals surface area contributed by atoms with Gasteiger partial charge in [0.2, 0.25) is 0 Å². The molecule has 1 aliphatic heterocycles. The Morgan fingerprint density at radius 2 is 1.77 bits per heavy atom. The first-order valence-corrected chi connectivity index (χ1v) is 8.49. The molecule has 1 unspecified atom stereocenters. The number of aromatic amines is 1. The molecule has 0 spiro atoms. The summed E-state index contributed by atoms with van der Waals surface area (Å²) in [6.45, 7) is 3.90.